The number of carbonyl (C=O) groups excluding carboxylic acids is 1. The Bertz CT molecular complexity index is 1280. The highest BCUT2D eigenvalue weighted by atomic mass is 35.5. The number of rotatable bonds is 5. The van der Waals surface area contributed by atoms with E-state index in [0.717, 1.165) is 22.2 Å². The van der Waals surface area contributed by atoms with Gasteiger partial charge in [0.1, 0.15) is 19.0 Å². The maximum atomic E-state index is 13.2. The van der Waals surface area contributed by atoms with Gasteiger partial charge in [0.15, 0.2) is 11.5 Å². The predicted molar refractivity (Wildman–Crippen MR) is 125 cm³/mol. The van der Waals surface area contributed by atoms with Crippen molar-refractivity contribution in [2.24, 2.45) is 0 Å². The molecule has 0 aliphatic carbocycles. The Morgan fingerprint density at radius 3 is 2.62 bits per heavy atom. The van der Waals surface area contributed by atoms with E-state index in [4.69, 9.17) is 21.1 Å². The van der Waals surface area contributed by atoms with Crippen LogP contribution in [-0.2, 0) is 11.3 Å². The van der Waals surface area contributed by atoms with Crippen LogP contribution in [0, 0.1) is 0 Å². The van der Waals surface area contributed by atoms with Crippen LogP contribution in [0.4, 0.5) is 0 Å². The summed E-state index contributed by atoms with van der Waals surface area (Å²) in [6.07, 6.45) is 1.80. The summed E-state index contributed by atoms with van der Waals surface area (Å²) < 4.78 is 11.3. The molecule has 6 nitrogen and oxygen atoms in total. The lowest BCUT2D eigenvalue weighted by molar-refractivity contribution is -0.115. The molecule has 4 aromatic rings. The van der Waals surface area contributed by atoms with Crippen molar-refractivity contribution < 1.29 is 14.3 Å². The first-order valence-corrected chi connectivity index (χ1v) is 10.6. The summed E-state index contributed by atoms with van der Waals surface area (Å²) in [5, 5.41) is 3.63. The molecule has 1 amide bonds. The van der Waals surface area contributed by atoms with Crippen molar-refractivity contribution >= 4 is 40.2 Å². The van der Waals surface area contributed by atoms with E-state index in [1.807, 2.05) is 54.6 Å². The van der Waals surface area contributed by atoms with E-state index in [2.05, 4.69) is 15.3 Å². The topological polar surface area (TPSA) is 76.2 Å². The smallest absolute Gasteiger partial charge is 0.255 e. The summed E-state index contributed by atoms with van der Waals surface area (Å²) in [4.78, 5) is 21.1. The molecule has 0 bridgehead atoms. The normalized spacial score (nSPS) is 13.2. The number of nitrogens with one attached hydrogen (secondary N) is 2. The second-order valence-electron chi connectivity index (χ2n) is 7.37. The minimum atomic E-state index is -0.242. The van der Waals surface area contributed by atoms with Crippen molar-refractivity contribution in [3.05, 3.63) is 88.7 Å². The minimum Gasteiger partial charge on any atom is -0.486 e. The van der Waals surface area contributed by atoms with Gasteiger partial charge in [-0.1, -0.05) is 41.9 Å². The maximum Gasteiger partial charge on any atom is 0.255 e. The second-order valence-corrected chi connectivity index (χ2v) is 7.81. The van der Waals surface area contributed by atoms with Crippen molar-refractivity contribution in [1.29, 1.82) is 0 Å². The molecular formula is C25H20ClN3O3. The fraction of sp³-hybridized carbons (Fsp3) is 0.120. The molecule has 1 aliphatic heterocycles. The lowest BCUT2D eigenvalue weighted by atomic mass is 10.1. The molecule has 0 atom stereocenters. The number of nitrogens with zero attached hydrogens (tertiary/aromatic N) is 1. The van der Waals surface area contributed by atoms with Gasteiger partial charge in [-0.05, 0) is 53.6 Å². The number of hydrogen-bond acceptors (Lipinski definition) is 4. The molecule has 5 rings (SSSR count). The molecule has 0 unspecified atom stereocenters. The van der Waals surface area contributed by atoms with E-state index in [9.17, 15) is 4.79 Å². The largest absolute Gasteiger partial charge is 0.486 e. The van der Waals surface area contributed by atoms with Crippen molar-refractivity contribution in [2.45, 2.75) is 6.54 Å². The molecule has 7 heteroatoms. The number of aromatic amines is 1. The van der Waals surface area contributed by atoms with E-state index in [-0.39, 0.29) is 5.91 Å². The van der Waals surface area contributed by atoms with Crippen LogP contribution in [0.15, 0.2) is 66.7 Å². The summed E-state index contributed by atoms with van der Waals surface area (Å²) in [5.74, 6) is 1.62. The van der Waals surface area contributed by atoms with Gasteiger partial charge in [0.25, 0.3) is 5.91 Å². The Labute approximate surface area is 189 Å². The van der Waals surface area contributed by atoms with Crippen molar-refractivity contribution in [3.63, 3.8) is 0 Å². The van der Waals surface area contributed by atoms with Crippen LogP contribution in [0.1, 0.15) is 17.0 Å². The Morgan fingerprint density at radius 2 is 1.81 bits per heavy atom. The number of benzene rings is 3. The highest BCUT2D eigenvalue weighted by Crippen LogP contribution is 2.32. The summed E-state index contributed by atoms with van der Waals surface area (Å²) in [6.45, 7) is 1.40. The molecule has 0 saturated heterocycles. The van der Waals surface area contributed by atoms with Gasteiger partial charge in [-0.15, -0.1) is 0 Å². The molecule has 0 radical (unpaired) electrons. The number of fused-ring (bicyclic) bond motifs is 2. The van der Waals surface area contributed by atoms with E-state index in [1.165, 1.54) is 0 Å². The van der Waals surface area contributed by atoms with Crippen LogP contribution >= 0.6 is 11.6 Å². The van der Waals surface area contributed by atoms with Crippen LogP contribution in [0.5, 0.6) is 11.5 Å². The van der Waals surface area contributed by atoms with Gasteiger partial charge in [-0.3, -0.25) is 4.79 Å². The van der Waals surface area contributed by atoms with Crippen molar-refractivity contribution in [3.8, 4) is 11.5 Å². The molecule has 1 aromatic heterocycles. The minimum absolute atomic E-state index is 0.242. The summed E-state index contributed by atoms with van der Waals surface area (Å²) in [6, 6.07) is 20.6. The molecule has 1 aliphatic rings. The Balaban J connectivity index is 1.48. The predicted octanol–water partition coefficient (Wildman–Crippen LogP) is 4.84. The Morgan fingerprint density at radius 1 is 1.03 bits per heavy atom. The first-order chi connectivity index (χ1) is 15.7. The maximum absolute atomic E-state index is 13.2. The molecule has 160 valence electrons. The molecule has 0 fully saturated rings. The average molecular weight is 446 g/mol. The number of hydrogen-bond donors (Lipinski definition) is 2. The van der Waals surface area contributed by atoms with Crippen molar-refractivity contribution in [1.82, 2.24) is 15.3 Å². The molecule has 3 aromatic carbocycles. The quantitative estimate of drug-likeness (QED) is 0.431. The van der Waals surface area contributed by atoms with Crippen LogP contribution in [-0.4, -0.2) is 29.1 Å². The monoisotopic (exact) mass is 445 g/mol. The van der Waals surface area contributed by atoms with Gasteiger partial charge in [0, 0.05) is 11.6 Å². The third kappa shape index (κ3) is 4.31. The van der Waals surface area contributed by atoms with Crippen LogP contribution in [0.2, 0.25) is 5.02 Å². The van der Waals surface area contributed by atoms with Crippen LogP contribution in [0.25, 0.3) is 22.7 Å². The van der Waals surface area contributed by atoms with Gasteiger partial charge in [-0.2, -0.15) is 0 Å². The first-order valence-electron chi connectivity index (χ1n) is 10.2. The molecule has 2 N–H and O–H groups in total. The zero-order valence-electron chi connectivity index (χ0n) is 17.1. The zero-order chi connectivity index (χ0) is 21.9. The lowest BCUT2D eigenvalue weighted by Crippen LogP contribution is -2.24. The Kier molecular flexibility index (Phi) is 5.52. The summed E-state index contributed by atoms with van der Waals surface area (Å²) in [7, 11) is 0. The average Bonchev–Trinajstić information content (AvgIpc) is 3.26. The lowest BCUT2D eigenvalue weighted by Gasteiger charge is -2.18. The van der Waals surface area contributed by atoms with E-state index >= 15 is 0 Å². The highest BCUT2D eigenvalue weighted by Gasteiger charge is 2.18. The summed E-state index contributed by atoms with van der Waals surface area (Å²) in [5.41, 5.74) is 3.84. The van der Waals surface area contributed by atoms with E-state index in [1.54, 1.807) is 18.2 Å². The number of halogens is 1. The molecule has 2 heterocycles. The van der Waals surface area contributed by atoms with Gasteiger partial charge in [0.2, 0.25) is 0 Å². The van der Waals surface area contributed by atoms with Gasteiger partial charge >= 0.3 is 0 Å². The van der Waals surface area contributed by atoms with Gasteiger partial charge in [-0.25, -0.2) is 4.98 Å². The fourth-order valence-corrected chi connectivity index (χ4v) is 3.64. The van der Waals surface area contributed by atoms with E-state index < -0.39 is 0 Å². The second kappa shape index (κ2) is 8.77. The third-order valence-electron chi connectivity index (χ3n) is 5.13. The number of carbonyl (C=O) groups is 1. The van der Waals surface area contributed by atoms with Crippen LogP contribution < -0.4 is 14.8 Å². The molecule has 0 saturated carbocycles. The molecular weight excluding hydrogens is 426 g/mol. The Hall–Kier alpha value is -3.77. The number of aromatic nitrogens is 2. The summed E-state index contributed by atoms with van der Waals surface area (Å²) >= 11 is 5.96. The number of ether oxygens (including phenoxy) is 2. The third-order valence-corrected chi connectivity index (χ3v) is 5.38. The SMILES string of the molecule is O=C(NCc1ccc(Cl)cc1)C(=Cc1ccc2c(c1)OCCO2)c1nc2ccccc2[nH]1. The molecule has 32 heavy (non-hydrogen) atoms. The van der Waals surface area contributed by atoms with E-state index in [0.29, 0.717) is 47.7 Å². The fourth-order valence-electron chi connectivity index (χ4n) is 3.52. The van der Waals surface area contributed by atoms with Gasteiger partial charge in [0.05, 0.1) is 16.6 Å². The first kappa shape index (κ1) is 20.2. The number of para-hydroxylation sites is 2. The molecule has 0 spiro atoms. The number of H-pyrrole nitrogens is 1. The van der Waals surface area contributed by atoms with Crippen molar-refractivity contribution in [2.75, 3.05) is 13.2 Å². The standard InChI is InChI=1S/C25H20ClN3O3/c26-18-8-5-16(6-9-18)15-27-25(30)19(24-28-20-3-1-2-4-21(20)29-24)13-17-7-10-22-23(14-17)32-12-11-31-22/h1-10,13-14H,11-12,15H2,(H,27,30)(H,28,29). The number of amides is 1. The highest BCUT2D eigenvalue weighted by molar-refractivity contribution is 6.30. The zero-order valence-corrected chi connectivity index (χ0v) is 17.9. The number of imidazole rings is 1. The van der Waals surface area contributed by atoms with Gasteiger partial charge < -0.3 is 19.8 Å². The van der Waals surface area contributed by atoms with Crippen LogP contribution in [0.3, 0.4) is 0 Å².